The molecule has 3 aliphatic heterocycles. The Morgan fingerprint density at radius 1 is 1.20 bits per heavy atom. The molecule has 8 heteroatoms. The Balaban J connectivity index is 1.77. The highest BCUT2D eigenvalue weighted by Crippen LogP contribution is 2.63. The van der Waals surface area contributed by atoms with Crippen molar-refractivity contribution in [1.29, 1.82) is 0 Å². The molecule has 192 valence electrons. The van der Waals surface area contributed by atoms with E-state index in [1.165, 1.54) is 4.90 Å². The largest absolute Gasteiger partial charge is 0.394 e. The summed E-state index contributed by atoms with van der Waals surface area (Å²) in [6.45, 7) is 9.76. The van der Waals surface area contributed by atoms with Crippen molar-refractivity contribution in [3.05, 3.63) is 35.9 Å². The summed E-state index contributed by atoms with van der Waals surface area (Å²) in [6, 6.07) is 8.07. The van der Waals surface area contributed by atoms with Crippen molar-refractivity contribution in [2.45, 2.75) is 89.1 Å². The number of aliphatic hydroxyl groups is 1. The van der Waals surface area contributed by atoms with Gasteiger partial charge in [0.1, 0.15) is 11.6 Å². The number of benzene rings is 1. The maximum atomic E-state index is 14.1. The fourth-order valence-corrected chi connectivity index (χ4v) is 6.39. The van der Waals surface area contributed by atoms with Crippen molar-refractivity contribution in [1.82, 2.24) is 15.5 Å². The van der Waals surface area contributed by atoms with E-state index in [0.717, 1.165) is 12.0 Å². The van der Waals surface area contributed by atoms with Gasteiger partial charge in [0.15, 0.2) is 0 Å². The minimum Gasteiger partial charge on any atom is -0.394 e. The van der Waals surface area contributed by atoms with Crippen LogP contribution in [0.5, 0.6) is 0 Å². The molecule has 3 N–H and O–H groups in total. The molecule has 3 amide bonds. The standard InChI is InChI=1S/C27H39N3O5/c1-6-14-28-22(32)19-20-24(34)30(18(16-31)15-17-10-8-7-9-11-17)21(23(33)29-25(2,3)4)27(20)13-12-26(19,5)35-27/h7-11,18-21,31H,6,12-16H2,1-5H3,(H,28,32)(H,29,33)/t18-,19+,20+,21?,26-,27?/m1/s1. The molecule has 4 rings (SSSR count). The number of amides is 3. The number of nitrogens with zero attached hydrogens (tertiary/aromatic N) is 1. The number of aliphatic hydroxyl groups excluding tert-OH is 1. The molecule has 2 bridgehead atoms. The van der Waals surface area contributed by atoms with E-state index in [9.17, 15) is 19.5 Å². The third-order valence-corrected chi connectivity index (χ3v) is 7.71. The van der Waals surface area contributed by atoms with E-state index in [0.29, 0.717) is 25.8 Å². The van der Waals surface area contributed by atoms with Crippen molar-refractivity contribution in [2.75, 3.05) is 13.2 Å². The van der Waals surface area contributed by atoms with Crippen LogP contribution in [-0.4, -0.2) is 69.7 Å². The van der Waals surface area contributed by atoms with Crippen LogP contribution in [0.4, 0.5) is 0 Å². The Morgan fingerprint density at radius 3 is 2.49 bits per heavy atom. The van der Waals surface area contributed by atoms with Crippen LogP contribution in [0.15, 0.2) is 30.3 Å². The lowest BCUT2D eigenvalue weighted by atomic mass is 9.66. The summed E-state index contributed by atoms with van der Waals surface area (Å²) < 4.78 is 6.61. The van der Waals surface area contributed by atoms with Crippen molar-refractivity contribution in [3.8, 4) is 0 Å². The normalized spacial score (nSPS) is 32.5. The van der Waals surface area contributed by atoms with Gasteiger partial charge in [-0.3, -0.25) is 14.4 Å². The Bertz CT molecular complexity index is 977. The number of hydrogen-bond donors (Lipinski definition) is 3. The summed E-state index contributed by atoms with van der Waals surface area (Å²) in [6.07, 6.45) is 2.29. The lowest BCUT2D eigenvalue weighted by Gasteiger charge is -2.38. The Morgan fingerprint density at radius 2 is 1.89 bits per heavy atom. The first-order valence-corrected chi connectivity index (χ1v) is 12.7. The number of rotatable bonds is 8. The zero-order chi connectivity index (χ0) is 25.6. The smallest absolute Gasteiger partial charge is 0.246 e. The van der Waals surface area contributed by atoms with Gasteiger partial charge in [0.25, 0.3) is 0 Å². The summed E-state index contributed by atoms with van der Waals surface area (Å²) in [4.78, 5) is 42.8. The zero-order valence-corrected chi connectivity index (χ0v) is 21.5. The minimum absolute atomic E-state index is 0.199. The molecule has 0 aromatic heterocycles. The Kier molecular flexibility index (Phi) is 6.74. The summed E-state index contributed by atoms with van der Waals surface area (Å²) in [5, 5.41) is 16.4. The maximum Gasteiger partial charge on any atom is 0.246 e. The van der Waals surface area contributed by atoms with Gasteiger partial charge in [-0.25, -0.2) is 0 Å². The molecular weight excluding hydrogens is 446 g/mol. The number of hydrogen-bond acceptors (Lipinski definition) is 5. The quantitative estimate of drug-likeness (QED) is 0.520. The number of nitrogens with one attached hydrogen (secondary N) is 2. The molecule has 2 unspecified atom stereocenters. The van der Waals surface area contributed by atoms with Gasteiger partial charge in [0.05, 0.1) is 30.1 Å². The van der Waals surface area contributed by atoms with Crippen LogP contribution in [0.1, 0.15) is 59.4 Å². The lowest BCUT2D eigenvalue weighted by Crippen LogP contribution is -2.60. The van der Waals surface area contributed by atoms with Crippen LogP contribution in [0.2, 0.25) is 0 Å². The summed E-state index contributed by atoms with van der Waals surface area (Å²) >= 11 is 0. The zero-order valence-electron chi connectivity index (χ0n) is 21.5. The Labute approximate surface area is 207 Å². The molecule has 8 nitrogen and oxygen atoms in total. The highest BCUT2D eigenvalue weighted by atomic mass is 16.5. The summed E-state index contributed by atoms with van der Waals surface area (Å²) in [5.41, 5.74) is -1.47. The third kappa shape index (κ3) is 4.35. The van der Waals surface area contributed by atoms with Gasteiger partial charge in [-0.2, -0.15) is 0 Å². The van der Waals surface area contributed by atoms with Gasteiger partial charge in [0.2, 0.25) is 17.7 Å². The first-order chi connectivity index (χ1) is 16.5. The van der Waals surface area contributed by atoms with Gasteiger partial charge in [-0.1, -0.05) is 37.3 Å². The molecule has 3 fully saturated rings. The first-order valence-electron chi connectivity index (χ1n) is 12.7. The number of fused-ring (bicyclic) bond motifs is 1. The predicted molar refractivity (Wildman–Crippen MR) is 131 cm³/mol. The van der Waals surface area contributed by atoms with Crippen LogP contribution < -0.4 is 10.6 Å². The SMILES string of the molecule is CCCNC(=O)[C@@H]1[C@H]2C(=O)N([C@@H](CO)Cc3ccccc3)C(C(=O)NC(C)(C)C)C23CC[C@@]1(C)O3. The number of carbonyl (C=O) groups excluding carboxylic acids is 3. The Hall–Kier alpha value is -2.45. The lowest BCUT2D eigenvalue weighted by molar-refractivity contribution is -0.150. The first kappa shape index (κ1) is 25.6. The van der Waals surface area contributed by atoms with Crippen molar-refractivity contribution in [2.24, 2.45) is 11.8 Å². The molecule has 0 saturated carbocycles. The van der Waals surface area contributed by atoms with Crippen LogP contribution in [0.3, 0.4) is 0 Å². The molecule has 35 heavy (non-hydrogen) atoms. The van der Waals surface area contributed by atoms with E-state index in [-0.39, 0.29) is 24.3 Å². The van der Waals surface area contributed by atoms with Gasteiger partial charge in [0, 0.05) is 12.1 Å². The van der Waals surface area contributed by atoms with E-state index < -0.39 is 40.7 Å². The molecular formula is C27H39N3O5. The number of carbonyl (C=O) groups is 3. The van der Waals surface area contributed by atoms with Gasteiger partial charge < -0.3 is 25.4 Å². The van der Waals surface area contributed by atoms with Crippen LogP contribution in [0, 0.1) is 11.8 Å². The number of ether oxygens (including phenoxy) is 1. The minimum atomic E-state index is -1.10. The van der Waals surface area contributed by atoms with E-state index in [2.05, 4.69) is 10.6 Å². The highest BCUT2D eigenvalue weighted by molar-refractivity contribution is 5.99. The van der Waals surface area contributed by atoms with Crippen molar-refractivity contribution >= 4 is 17.7 Å². The average molecular weight is 486 g/mol. The molecule has 3 aliphatic rings. The van der Waals surface area contributed by atoms with E-state index in [4.69, 9.17) is 4.74 Å². The second-order valence-electron chi connectivity index (χ2n) is 11.5. The monoisotopic (exact) mass is 485 g/mol. The van der Waals surface area contributed by atoms with Gasteiger partial charge >= 0.3 is 0 Å². The van der Waals surface area contributed by atoms with E-state index in [1.54, 1.807) is 0 Å². The molecule has 1 aromatic carbocycles. The molecule has 0 aliphatic carbocycles. The molecule has 1 aromatic rings. The van der Waals surface area contributed by atoms with Crippen LogP contribution in [0.25, 0.3) is 0 Å². The molecule has 6 atom stereocenters. The van der Waals surface area contributed by atoms with Crippen LogP contribution in [-0.2, 0) is 25.5 Å². The van der Waals surface area contributed by atoms with E-state index in [1.807, 2.05) is 65.0 Å². The maximum absolute atomic E-state index is 14.1. The fourth-order valence-electron chi connectivity index (χ4n) is 6.39. The second kappa shape index (κ2) is 9.21. The van der Waals surface area contributed by atoms with Gasteiger partial charge in [-0.05, 0) is 58.9 Å². The van der Waals surface area contributed by atoms with Crippen LogP contribution >= 0.6 is 0 Å². The highest BCUT2D eigenvalue weighted by Gasteiger charge is 2.78. The molecule has 1 spiro atoms. The topological polar surface area (TPSA) is 108 Å². The average Bonchev–Trinajstić information content (AvgIpc) is 3.36. The molecule has 0 radical (unpaired) electrons. The van der Waals surface area contributed by atoms with E-state index >= 15 is 0 Å². The van der Waals surface area contributed by atoms with Gasteiger partial charge in [-0.15, -0.1) is 0 Å². The molecule has 3 saturated heterocycles. The summed E-state index contributed by atoms with van der Waals surface area (Å²) in [7, 11) is 0. The fraction of sp³-hybridized carbons (Fsp3) is 0.667. The third-order valence-electron chi connectivity index (χ3n) is 7.71. The van der Waals surface area contributed by atoms with Crippen molar-refractivity contribution < 1.29 is 24.2 Å². The van der Waals surface area contributed by atoms with Crippen molar-refractivity contribution in [3.63, 3.8) is 0 Å². The predicted octanol–water partition coefficient (Wildman–Crippen LogP) is 1.80. The number of likely N-dealkylation sites (tertiary alicyclic amines) is 1. The summed E-state index contributed by atoms with van der Waals surface area (Å²) in [5.74, 6) is -2.23. The molecule has 3 heterocycles. The second-order valence-corrected chi connectivity index (χ2v) is 11.5.